The molecule has 1 saturated heterocycles. The summed E-state index contributed by atoms with van der Waals surface area (Å²) in [6.07, 6.45) is 0. The Kier molecular flexibility index (Phi) is 2.47. The SMILES string of the molecule is CC(C(=O)NN)N1C(=O)CNC1=O. The van der Waals surface area contributed by atoms with Crippen LogP contribution in [0.25, 0.3) is 0 Å². The largest absolute Gasteiger partial charge is 0.329 e. The van der Waals surface area contributed by atoms with E-state index in [0.717, 1.165) is 4.90 Å². The monoisotopic (exact) mass is 186 g/mol. The number of carbonyl (C=O) groups is 3. The molecule has 0 aromatic heterocycles. The van der Waals surface area contributed by atoms with E-state index in [1.165, 1.54) is 6.92 Å². The average Bonchev–Trinajstić information content (AvgIpc) is 2.44. The van der Waals surface area contributed by atoms with Crippen molar-refractivity contribution in [2.75, 3.05) is 6.54 Å². The summed E-state index contributed by atoms with van der Waals surface area (Å²) in [5.41, 5.74) is 1.87. The van der Waals surface area contributed by atoms with Crippen LogP contribution >= 0.6 is 0 Å². The highest BCUT2D eigenvalue weighted by atomic mass is 16.2. The predicted molar refractivity (Wildman–Crippen MR) is 42.0 cm³/mol. The zero-order valence-corrected chi connectivity index (χ0v) is 7.03. The Morgan fingerprint density at radius 1 is 1.69 bits per heavy atom. The van der Waals surface area contributed by atoms with Crippen molar-refractivity contribution in [2.45, 2.75) is 13.0 Å². The zero-order chi connectivity index (χ0) is 10.0. The van der Waals surface area contributed by atoms with Crippen molar-refractivity contribution in [1.82, 2.24) is 15.6 Å². The van der Waals surface area contributed by atoms with Crippen molar-refractivity contribution in [1.29, 1.82) is 0 Å². The topological polar surface area (TPSA) is 105 Å². The molecule has 0 aliphatic carbocycles. The fourth-order valence-corrected chi connectivity index (χ4v) is 1.06. The first-order chi connectivity index (χ1) is 6.07. The highest BCUT2D eigenvalue weighted by Gasteiger charge is 2.35. The molecule has 7 heteroatoms. The molecule has 13 heavy (non-hydrogen) atoms. The molecule has 1 rings (SSSR count). The maximum atomic E-state index is 11.1. The molecule has 4 N–H and O–H groups in total. The van der Waals surface area contributed by atoms with Gasteiger partial charge in [0.25, 0.3) is 11.8 Å². The number of nitrogens with zero attached hydrogens (tertiary/aromatic N) is 1. The van der Waals surface area contributed by atoms with E-state index >= 15 is 0 Å². The van der Waals surface area contributed by atoms with Crippen LogP contribution in [0.4, 0.5) is 4.79 Å². The van der Waals surface area contributed by atoms with Gasteiger partial charge in [-0.1, -0.05) is 0 Å². The first kappa shape index (κ1) is 9.46. The molecule has 4 amide bonds. The van der Waals surface area contributed by atoms with Gasteiger partial charge < -0.3 is 5.32 Å². The van der Waals surface area contributed by atoms with Crippen LogP contribution in [0.1, 0.15) is 6.92 Å². The maximum absolute atomic E-state index is 11.1. The van der Waals surface area contributed by atoms with E-state index in [4.69, 9.17) is 5.84 Å². The van der Waals surface area contributed by atoms with Crippen molar-refractivity contribution in [3.63, 3.8) is 0 Å². The number of amides is 4. The summed E-state index contributed by atoms with van der Waals surface area (Å²) in [5.74, 6) is 3.85. The molecule has 1 fully saturated rings. The first-order valence-corrected chi connectivity index (χ1v) is 3.68. The van der Waals surface area contributed by atoms with Gasteiger partial charge in [0, 0.05) is 0 Å². The normalized spacial score (nSPS) is 18.5. The van der Waals surface area contributed by atoms with E-state index in [2.05, 4.69) is 5.32 Å². The van der Waals surface area contributed by atoms with Gasteiger partial charge >= 0.3 is 6.03 Å². The molecule has 0 radical (unpaired) electrons. The number of nitrogens with one attached hydrogen (secondary N) is 2. The molecule has 0 saturated carbocycles. The van der Waals surface area contributed by atoms with Crippen molar-refractivity contribution < 1.29 is 14.4 Å². The van der Waals surface area contributed by atoms with Crippen LogP contribution in [0, 0.1) is 0 Å². The lowest BCUT2D eigenvalue weighted by Crippen LogP contribution is -2.50. The Morgan fingerprint density at radius 3 is 2.69 bits per heavy atom. The Balaban J connectivity index is 2.75. The van der Waals surface area contributed by atoms with Gasteiger partial charge in [-0.05, 0) is 6.92 Å². The van der Waals surface area contributed by atoms with Crippen LogP contribution in [-0.4, -0.2) is 35.3 Å². The molecule has 0 spiro atoms. The molecule has 1 heterocycles. The molecule has 0 bridgehead atoms. The smallest absolute Gasteiger partial charge is 0.325 e. The summed E-state index contributed by atoms with van der Waals surface area (Å²) in [5, 5.41) is 2.30. The summed E-state index contributed by atoms with van der Waals surface area (Å²) in [4.78, 5) is 33.9. The van der Waals surface area contributed by atoms with Crippen molar-refractivity contribution in [3.05, 3.63) is 0 Å². The summed E-state index contributed by atoms with van der Waals surface area (Å²) in [6.45, 7) is 1.35. The molecule has 0 aromatic rings. The van der Waals surface area contributed by atoms with Gasteiger partial charge in [-0.15, -0.1) is 0 Å². The lowest BCUT2D eigenvalue weighted by atomic mass is 10.3. The Morgan fingerprint density at radius 2 is 2.31 bits per heavy atom. The van der Waals surface area contributed by atoms with Crippen LogP contribution in [-0.2, 0) is 9.59 Å². The van der Waals surface area contributed by atoms with Gasteiger partial charge in [-0.3, -0.25) is 19.9 Å². The molecular weight excluding hydrogens is 176 g/mol. The lowest BCUT2D eigenvalue weighted by molar-refractivity contribution is -0.134. The zero-order valence-electron chi connectivity index (χ0n) is 7.03. The number of nitrogens with two attached hydrogens (primary N) is 1. The molecular formula is C6H10N4O3. The number of urea groups is 1. The van der Waals surface area contributed by atoms with E-state index in [1.807, 2.05) is 5.43 Å². The van der Waals surface area contributed by atoms with Crippen LogP contribution < -0.4 is 16.6 Å². The van der Waals surface area contributed by atoms with E-state index in [9.17, 15) is 14.4 Å². The highest BCUT2D eigenvalue weighted by Crippen LogP contribution is 2.05. The molecule has 0 aromatic carbocycles. The van der Waals surface area contributed by atoms with E-state index < -0.39 is 23.9 Å². The number of hydrazine groups is 1. The fraction of sp³-hybridized carbons (Fsp3) is 0.500. The Labute approximate surface area is 74.2 Å². The van der Waals surface area contributed by atoms with E-state index in [1.54, 1.807) is 0 Å². The quantitative estimate of drug-likeness (QED) is 0.199. The molecule has 7 nitrogen and oxygen atoms in total. The number of imide groups is 1. The summed E-state index contributed by atoms with van der Waals surface area (Å²) in [6, 6.07) is -1.44. The van der Waals surface area contributed by atoms with Gasteiger partial charge in [0.15, 0.2) is 0 Å². The summed E-state index contributed by atoms with van der Waals surface area (Å²) < 4.78 is 0. The minimum Gasteiger partial charge on any atom is -0.329 e. The van der Waals surface area contributed by atoms with Crippen LogP contribution in [0.5, 0.6) is 0 Å². The number of carbonyl (C=O) groups excluding carboxylic acids is 3. The third-order valence-corrected chi connectivity index (χ3v) is 1.79. The van der Waals surface area contributed by atoms with E-state index in [0.29, 0.717) is 0 Å². The number of rotatable bonds is 2. The fourth-order valence-electron chi connectivity index (χ4n) is 1.06. The second kappa shape index (κ2) is 3.40. The second-order valence-electron chi connectivity index (χ2n) is 2.61. The maximum Gasteiger partial charge on any atom is 0.325 e. The highest BCUT2D eigenvalue weighted by molar-refractivity contribution is 6.05. The van der Waals surface area contributed by atoms with Gasteiger partial charge in [0.05, 0.1) is 6.54 Å². The summed E-state index contributed by atoms with van der Waals surface area (Å²) >= 11 is 0. The standard InChI is InChI=1S/C6H10N4O3/c1-3(5(12)9-7)10-4(11)2-8-6(10)13/h3H,2,7H2,1H3,(H,8,13)(H,9,12). The van der Waals surface area contributed by atoms with Crippen LogP contribution in [0.3, 0.4) is 0 Å². The molecule has 1 aliphatic rings. The Hall–Kier alpha value is -1.63. The van der Waals surface area contributed by atoms with Crippen molar-refractivity contribution in [2.24, 2.45) is 5.84 Å². The van der Waals surface area contributed by atoms with Gasteiger partial charge in [0.1, 0.15) is 6.04 Å². The predicted octanol–water partition coefficient (Wildman–Crippen LogP) is -2.08. The van der Waals surface area contributed by atoms with Crippen LogP contribution in [0.15, 0.2) is 0 Å². The summed E-state index contributed by atoms with van der Waals surface area (Å²) in [7, 11) is 0. The van der Waals surface area contributed by atoms with E-state index in [-0.39, 0.29) is 6.54 Å². The molecule has 1 unspecified atom stereocenters. The van der Waals surface area contributed by atoms with Gasteiger partial charge in [0.2, 0.25) is 0 Å². The third-order valence-electron chi connectivity index (χ3n) is 1.79. The Bertz CT molecular complexity index is 249. The lowest BCUT2D eigenvalue weighted by Gasteiger charge is -2.18. The molecule has 1 aliphatic heterocycles. The molecule has 72 valence electrons. The average molecular weight is 186 g/mol. The van der Waals surface area contributed by atoms with Gasteiger partial charge in [-0.25, -0.2) is 10.6 Å². The van der Waals surface area contributed by atoms with Crippen molar-refractivity contribution in [3.8, 4) is 0 Å². The number of hydrogen-bond acceptors (Lipinski definition) is 4. The van der Waals surface area contributed by atoms with Gasteiger partial charge in [-0.2, -0.15) is 0 Å². The van der Waals surface area contributed by atoms with Crippen LogP contribution in [0.2, 0.25) is 0 Å². The minimum absolute atomic E-state index is 0.0684. The second-order valence-corrected chi connectivity index (χ2v) is 2.61. The third kappa shape index (κ3) is 1.59. The number of hydrogen-bond donors (Lipinski definition) is 3. The first-order valence-electron chi connectivity index (χ1n) is 3.68. The van der Waals surface area contributed by atoms with Crippen molar-refractivity contribution >= 4 is 17.8 Å². The minimum atomic E-state index is -0.875. The molecule has 1 atom stereocenters.